The van der Waals surface area contributed by atoms with Gasteiger partial charge in [-0.2, -0.15) is 0 Å². The quantitative estimate of drug-likeness (QED) is 0.719. The summed E-state index contributed by atoms with van der Waals surface area (Å²) >= 11 is 5.77. The number of amides is 1. The highest BCUT2D eigenvalue weighted by molar-refractivity contribution is 7.89. The molecule has 2 aromatic carbocycles. The Labute approximate surface area is 175 Å². The molecule has 0 aliphatic carbocycles. The number of hydrogen-bond acceptors (Lipinski definition) is 4. The smallest absolute Gasteiger partial charge is 0.240 e. The molecule has 156 valence electrons. The van der Waals surface area contributed by atoms with Crippen molar-refractivity contribution in [1.82, 2.24) is 14.5 Å². The van der Waals surface area contributed by atoms with Crippen molar-refractivity contribution in [3.8, 4) is 0 Å². The first kappa shape index (κ1) is 21.7. The zero-order valence-corrected chi connectivity index (χ0v) is 17.4. The number of nitrogens with one attached hydrogen (secondary N) is 1. The number of carbonyl (C=O) groups excluding carboxylic acids is 1. The van der Waals surface area contributed by atoms with E-state index in [0.29, 0.717) is 43.3 Å². The number of hydrogen-bond donors (Lipinski definition) is 1. The van der Waals surface area contributed by atoms with Gasteiger partial charge in [-0.25, -0.2) is 17.5 Å². The van der Waals surface area contributed by atoms with Crippen LogP contribution in [0.15, 0.2) is 53.4 Å². The molecule has 0 saturated carbocycles. The van der Waals surface area contributed by atoms with Crippen LogP contribution in [0.5, 0.6) is 0 Å². The van der Waals surface area contributed by atoms with Crippen molar-refractivity contribution in [2.45, 2.75) is 17.9 Å². The second-order valence-electron chi connectivity index (χ2n) is 6.85. The van der Waals surface area contributed by atoms with Crippen LogP contribution in [-0.4, -0.2) is 56.8 Å². The molecule has 3 rings (SSSR count). The summed E-state index contributed by atoms with van der Waals surface area (Å²) in [6.07, 6.45) is 0.0835. The van der Waals surface area contributed by atoms with Crippen LogP contribution in [0.4, 0.5) is 4.39 Å². The summed E-state index contributed by atoms with van der Waals surface area (Å²) in [5.74, 6) is -0.326. The Bertz CT molecular complexity index is 946. The van der Waals surface area contributed by atoms with Crippen molar-refractivity contribution in [1.29, 1.82) is 0 Å². The molecule has 0 unspecified atom stereocenters. The highest BCUT2D eigenvalue weighted by Gasteiger charge is 2.22. The molecule has 1 amide bonds. The third kappa shape index (κ3) is 5.99. The van der Waals surface area contributed by atoms with E-state index in [9.17, 15) is 17.6 Å². The van der Waals surface area contributed by atoms with Gasteiger partial charge in [-0.05, 0) is 30.3 Å². The van der Waals surface area contributed by atoms with Gasteiger partial charge in [0.05, 0.1) is 4.90 Å². The summed E-state index contributed by atoms with van der Waals surface area (Å²) in [6.45, 7) is 2.91. The number of carbonyl (C=O) groups is 1. The minimum absolute atomic E-state index is 0.0270. The summed E-state index contributed by atoms with van der Waals surface area (Å²) in [5.41, 5.74) is 0.642. The lowest BCUT2D eigenvalue weighted by molar-refractivity contribution is -0.132. The molecule has 0 aromatic heterocycles. The maximum atomic E-state index is 13.8. The second-order valence-corrected chi connectivity index (χ2v) is 9.05. The molecular formula is C20H23ClFN3O3S. The molecule has 29 heavy (non-hydrogen) atoms. The highest BCUT2D eigenvalue weighted by Crippen LogP contribution is 2.14. The Morgan fingerprint density at radius 3 is 2.34 bits per heavy atom. The van der Waals surface area contributed by atoms with Crippen LogP contribution in [0, 0.1) is 5.82 Å². The Morgan fingerprint density at radius 2 is 1.69 bits per heavy atom. The van der Waals surface area contributed by atoms with Crippen LogP contribution in [0.2, 0.25) is 5.02 Å². The third-order valence-corrected chi connectivity index (χ3v) is 6.56. The van der Waals surface area contributed by atoms with E-state index in [1.807, 2.05) is 6.07 Å². The van der Waals surface area contributed by atoms with Crippen molar-refractivity contribution in [3.63, 3.8) is 0 Å². The standard InChI is InChI=1S/C20H23ClFN3O3S/c21-17-5-7-18(8-6-17)29(27,28)23-10-9-20(26)25-13-11-24(12-14-25)15-16-3-1-2-4-19(16)22/h1-8,23H,9-15H2. The molecule has 1 heterocycles. The van der Waals surface area contributed by atoms with Crippen molar-refractivity contribution in [2.75, 3.05) is 32.7 Å². The van der Waals surface area contributed by atoms with Gasteiger partial charge in [0.15, 0.2) is 0 Å². The molecule has 6 nitrogen and oxygen atoms in total. The van der Waals surface area contributed by atoms with E-state index in [1.54, 1.807) is 17.0 Å². The fourth-order valence-electron chi connectivity index (χ4n) is 3.17. The lowest BCUT2D eigenvalue weighted by Gasteiger charge is -2.34. The van der Waals surface area contributed by atoms with Gasteiger partial charge in [-0.15, -0.1) is 0 Å². The Morgan fingerprint density at radius 1 is 1.03 bits per heavy atom. The van der Waals surface area contributed by atoms with Gasteiger partial charge in [-0.3, -0.25) is 9.69 Å². The molecular weight excluding hydrogens is 417 g/mol. The number of halogens is 2. The van der Waals surface area contributed by atoms with Gasteiger partial charge in [0.25, 0.3) is 0 Å². The van der Waals surface area contributed by atoms with Gasteiger partial charge in [0.1, 0.15) is 5.82 Å². The first-order valence-electron chi connectivity index (χ1n) is 9.34. The summed E-state index contributed by atoms with van der Waals surface area (Å²) < 4.78 is 40.7. The topological polar surface area (TPSA) is 69.7 Å². The average Bonchev–Trinajstić information content (AvgIpc) is 2.70. The number of piperazine rings is 1. The molecule has 0 bridgehead atoms. The summed E-state index contributed by atoms with van der Waals surface area (Å²) in [7, 11) is -3.67. The van der Waals surface area contributed by atoms with Gasteiger partial charge in [0.2, 0.25) is 15.9 Å². The lowest BCUT2D eigenvalue weighted by Crippen LogP contribution is -2.48. The zero-order valence-electron chi connectivity index (χ0n) is 15.9. The van der Waals surface area contributed by atoms with Crippen molar-refractivity contribution in [3.05, 3.63) is 64.9 Å². The lowest BCUT2D eigenvalue weighted by atomic mass is 10.2. The van der Waals surface area contributed by atoms with Crippen LogP contribution < -0.4 is 4.72 Å². The highest BCUT2D eigenvalue weighted by atomic mass is 35.5. The van der Waals surface area contributed by atoms with E-state index >= 15 is 0 Å². The fourth-order valence-corrected chi connectivity index (χ4v) is 4.33. The molecule has 1 aliphatic heterocycles. The van der Waals surface area contributed by atoms with E-state index in [4.69, 9.17) is 11.6 Å². The molecule has 9 heteroatoms. The number of benzene rings is 2. The van der Waals surface area contributed by atoms with Gasteiger partial charge in [-0.1, -0.05) is 29.8 Å². The zero-order chi connectivity index (χ0) is 20.9. The molecule has 1 N–H and O–H groups in total. The van der Waals surface area contributed by atoms with Gasteiger partial charge < -0.3 is 4.90 Å². The Hall–Kier alpha value is -2.00. The van der Waals surface area contributed by atoms with Crippen LogP contribution >= 0.6 is 11.6 Å². The minimum Gasteiger partial charge on any atom is -0.340 e. The SMILES string of the molecule is O=C(CCNS(=O)(=O)c1ccc(Cl)cc1)N1CCN(Cc2ccccc2F)CC1. The van der Waals surface area contributed by atoms with Crippen LogP contribution in [0.3, 0.4) is 0 Å². The maximum Gasteiger partial charge on any atom is 0.240 e. The third-order valence-electron chi connectivity index (χ3n) is 4.83. The first-order valence-corrected chi connectivity index (χ1v) is 11.2. The summed E-state index contributed by atoms with van der Waals surface area (Å²) in [4.78, 5) is 16.3. The molecule has 1 fully saturated rings. The molecule has 1 aliphatic rings. The largest absolute Gasteiger partial charge is 0.340 e. The average molecular weight is 440 g/mol. The van der Waals surface area contributed by atoms with E-state index in [0.717, 1.165) is 0 Å². The monoisotopic (exact) mass is 439 g/mol. The Balaban J connectivity index is 1.43. The number of rotatable bonds is 7. The Kier molecular flexibility index (Phi) is 7.23. The van der Waals surface area contributed by atoms with Crippen LogP contribution in [-0.2, 0) is 21.4 Å². The van der Waals surface area contributed by atoms with E-state index in [1.165, 1.54) is 30.3 Å². The van der Waals surface area contributed by atoms with E-state index < -0.39 is 10.0 Å². The van der Waals surface area contributed by atoms with Gasteiger partial charge in [0, 0.05) is 56.3 Å². The fraction of sp³-hybridized carbons (Fsp3) is 0.350. The van der Waals surface area contributed by atoms with Crippen LogP contribution in [0.1, 0.15) is 12.0 Å². The van der Waals surface area contributed by atoms with Crippen molar-refractivity contribution >= 4 is 27.5 Å². The van der Waals surface area contributed by atoms with E-state index in [-0.39, 0.29) is 29.6 Å². The first-order chi connectivity index (χ1) is 13.8. The molecule has 0 spiro atoms. The maximum absolute atomic E-state index is 13.8. The molecule has 0 radical (unpaired) electrons. The predicted octanol–water partition coefficient (Wildman–Crippen LogP) is 2.49. The van der Waals surface area contributed by atoms with Crippen molar-refractivity contribution in [2.24, 2.45) is 0 Å². The summed E-state index contributed by atoms with van der Waals surface area (Å²) in [6, 6.07) is 12.5. The predicted molar refractivity (Wildman–Crippen MR) is 110 cm³/mol. The minimum atomic E-state index is -3.67. The molecule has 2 aromatic rings. The summed E-state index contributed by atoms with van der Waals surface area (Å²) in [5, 5.41) is 0.452. The van der Waals surface area contributed by atoms with Crippen LogP contribution in [0.25, 0.3) is 0 Å². The normalized spacial score (nSPS) is 15.4. The second kappa shape index (κ2) is 9.67. The number of sulfonamides is 1. The van der Waals surface area contributed by atoms with Gasteiger partial charge >= 0.3 is 0 Å². The van der Waals surface area contributed by atoms with E-state index in [2.05, 4.69) is 9.62 Å². The molecule has 1 saturated heterocycles. The number of nitrogens with zero attached hydrogens (tertiary/aromatic N) is 2. The molecule has 0 atom stereocenters. The van der Waals surface area contributed by atoms with Crippen molar-refractivity contribution < 1.29 is 17.6 Å².